The molecule has 0 amide bonds. The molecular formula is C19H27FN6O. The number of nitrogens with one attached hydrogen (secondary N) is 2. The molecule has 3 rings (SSSR count). The summed E-state index contributed by atoms with van der Waals surface area (Å²) >= 11 is 0. The molecule has 2 heterocycles. The normalized spacial score (nSPS) is 18.2. The molecule has 7 nitrogen and oxygen atoms in total. The first-order chi connectivity index (χ1) is 13.1. The Morgan fingerprint density at radius 1 is 1.44 bits per heavy atom. The Hall–Kier alpha value is -2.29. The molecular weight excluding hydrogens is 347 g/mol. The summed E-state index contributed by atoms with van der Waals surface area (Å²) in [7, 11) is 3.78. The van der Waals surface area contributed by atoms with Crippen molar-refractivity contribution in [3.63, 3.8) is 0 Å². The zero-order chi connectivity index (χ0) is 19.2. The van der Waals surface area contributed by atoms with Crippen molar-refractivity contribution in [1.29, 1.82) is 0 Å². The molecule has 146 valence electrons. The summed E-state index contributed by atoms with van der Waals surface area (Å²) < 4.78 is 19.1. The molecule has 0 saturated carbocycles. The Labute approximate surface area is 159 Å². The number of hydrogen-bond donors (Lipinski definition) is 2. The number of hydrogen-bond acceptors (Lipinski definition) is 6. The molecule has 0 aliphatic carbocycles. The summed E-state index contributed by atoms with van der Waals surface area (Å²) in [5.74, 6) is -0.199. The Morgan fingerprint density at radius 2 is 2.22 bits per heavy atom. The molecule has 1 unspecified atom stereocenters. The van der Waals surface area contributed by atoms with E-state index in [4.69, 9.17) is 4.74 Å². The van der Waals surface area contributed by atoms with E-state index in [1.807, 2.05) is 44.2 Å². The lowest BCUT2D eigenvalue weighted by Crippen LogP contribution is -2.29. The second kappa shape index (κ2) is 9.07. The van der Waals surface area contributed by atoms with E-state index in [2.05, 4.69) is 25.7 Å². The van der Waals surface area contributed by atoms with E-state index in [0.29, 0.717) is 6.61 Å². The summed E-state index contributed by atoms with van der Waals surface area (Å²) in [5.41, 5.74) is 6.78. The van der Waals surface area contributed by atoms with E-state index in [0.717, 1.165) is 48.7 Å². The average Bonchev–Trinajstić information content (AvgIpc) is 3.32. The third-order valence-corrected chi connectivity index (χ3v) is 4.85. The lowest BCUT2D eigenvalue weighted by Gasteiger charge is -2.20. The average molecular weight is 374 g/mol. The number of likely N-dealkylation sites (tertiary alicyclic amines) is 1. The molecule has 0 radical (unpaired) electrons. The van der Waals surface area contributed by atoms with E-state index in [9.17, 15) is 4.39 Å². The molecule has 2 aromatic rings. The van der Waals surface area contributed by atoms with Gasteiger partial charge in [-0.05, 0) is 31.0 Å². The molecule has 1 fully saturated rings. The summed E-state index contributed by atoms with van der Waals surface area (Å²) in [6.07, 6.45) is 3.13. The number of allylic oxidation sites excluding steroid dienone is 1. The monoisotopic (exact) mass is 374 g/mol. The zero-order valence-corrected chi connectivity index (χ0v) is 16.1. The number of H-pyrrole nitrogens is 1. The Balaban J connectivity index is 1.53. The smallest absolute Gasteiger partial charge is 0.135 e. The number of hydrazine groups is 1. The van der Waals surface area contributed by atoms with Crippen molar-refractivity contribution in [3.8, 4) is 0 Å². The van der Waals surface area contributed by atoms with Gasteiger partial charge < -0.3 is 9.75 Å². The summed E-state index contributed by atoms with van der Waals surface area (Å²) in [6, 6.07) is 6.69. The van der Waals surface area contributed by atoms with E-state index < -0.39 is 0 Å². The molecule has 8 heteroatoms. The lowest BCUT2D eigenvalue weighted by molar-refractivity contribution is 0.0440. The first-order valence-corrected chi connectivity index (χ1v) is 9.16. The van der Waals surface area contributed by atoms with E-state index in [-0.39, 0.29) is 11.9 Å². The van der Waals surface area contributed by atoms with E-state index >= 15 is 0 Å². The van der Waals surface area contributed by atoms with Crippen molar-refractivity contribution in [3.05, 3.63) is 53.1 Å². The minimum atomic E-state index is -0.199. The fourth-order valence-corrected chi connectivity index (χ4v) is 3.29. The third kappa shape index (κ3) is 4.91. The highest BCUT2D eigenvalue weighted by Gasteiger charge is 2.24. The van der Waals surface area contributed by atoms with Crippen LogP contribution < -0.4 is 5.43 Å². The first kappa shape index (κ1) is 19.5. The molecule has 1 saturated heterocycles. The lowest BCUT2D eigenvalue weighted by atomic mass is 10.2. The van der Waals surface area contributed by atoms with Crippen LogP contribution in [-0.4, -0.2) is 58.6 Å². The van der Waals surface area contributed by atoms with Gasteiger partial charge >= 0.3 is 0 Å². The van der Waals surface area contributed by atoms with Crippen molar-refractivity contribution < 1.29 is 9.13 Å². The first-order valence-electron chi connectivity index (χ1n) is 9.16. The molecule has 1 aromatic carbocycles. The van der Waals surface area contributed by atoms with Crippen LogP contribution in [0.15, 0.2) is 30.3 Å². The van der Waals surface area contributed by atoms with Gasteiger partial charge in [-0.2, -0.15) is 0 Å². The molecule has 27 heavy (non-hydrogen) atoms. The van der Waals surface area contributed by atoms with Crippen molar-refractivity contribution in [2.24, 2.45) is 0 Å². The van der Waals surface area contributed by atoms with Crippen molar-refractivity contribution in [2.45, 2.75) is 32.6 Å². The molecule has 1 aliphatic heterocycles. The molecule has 1 aromatic heterocycles. The maximum absolute atomic E-state index is 13.0. The van der Waals surface area contributed by atoms with Gasteiger partial charge in [-0.25, -0.2) is 9.82 Å². The highest BCUT2D eigenvalue weighted by Crippen LogP contribution is 2.20. The number of benzene rings is 1. The van der Waals surface area contributed by atoms with Crippen molar-refractivity contribution in [2.75, 3.05) is 27.2 Å². The highest BCUT2D eigenvalue weighted by atomic mass is 19.1. The molecule has 0 spiro atoms. The van der Waals surface area contributed by atoms with Gasteiger partial charge in [0, 0.05) is 33.7 Å². The number of aromatic nitrogens is 3. The number of halogens is 1. The van der Waals surface area contributed by atoms with Crippen LogP contribution in [0.25, 0.3) is 5.70 Å². The maximum Gasteiger partial charge on any atom is 0.135 e. The number of nitrogens with zero attached hydrogens (tertiary/aromatic N) is 4. The quantitative estimate of drug-likeness (QED) is 0.690. The zero-order valence-electron chi connectivity index (χ0n) is 16.1. The molecule has 0 bridgehead atoms. The number of ether oxygens (including phenoxy) is 1. The Kier molecular flexibility index (Phi) is 6.54. The minimum absolute atomic E-state index is 0.165. The van der Waals surface area contributed by atoms with E-state index in [1.165, 1.54) is 12.1 Å². The second-order valence-corrected chi connectivity index (χ2v) is 6.68. The van der Waals surface area contributed by atoms with Gasteiger partial charge in [-0.15, -0.1) is 5.10 Å². The van der Waals surface area contributed by atoms with Crippen molar-refractivity contribution in [1.82, 2.24) is 30.7 Å². The van der Waals surface area contributed by atoms with Crippen LogP contribution >= 0.6 is 0 Å². The summed E-state index contributed by atoms with van der Waals surface area (Å²) in [4.78, 5) is 2.33. The van der Waals surface area contributed by atoms with Crippen LogP contribution in [0.4, 0.5) is 4.39 Å². The van der Waals surface area contributed by atoms with Gasteiger partial charge in [-0.3, -0.25) is 10.00 Å². The number of aromatic amines is 1. The summed E-state index contributed by atoms with van der Waals surface area (Å²) in [5, 5.41) is 13.0. The topological polar surface area (TPSA) is 69.3 Å². The van der Waals surface area contributed by atoms with Crippen LogP contribution in [-0.2, 0) is 17.9 Å². The van der Waals surface area contributed by atoms with E-state index in [1.54, 1.807) is 0 Å². The third-order valence-electron chi connectivity index (χ3n) is 4.85. The SMILES string of the molecule is C/C=C(/c1nn[nH]c1COC1CCN(Cc2ccc(F)cc2)C1)N(C)NC. The van der Waals surface area contributed by atoms with Crippen LogP contribution in [0.2, 0.25) is 0 Å². The Bertz CT molecular complexity index is 760. The molecule has 1 atom stereocenters. The van der Waals surface area contributed by atoms with Gasteiger partial charge in [0.15, 0.2) is 0 Å². The van der Waals surface area contributed by atoms with Crippen LogP contribution in [0.5, 0.6) is 0 Å². The fourth-order valence-electron chi connectivity index (χ4n) is 3.29. The van der Waals surface area contributed by atoms with Gasteiger partial charge in [0.1, 0.15) is 11.5 Å². The highest BCUT2D eigenvalue weighted by molar-refractivity contribution is 5.61. The second-order valence-electron chi connectivity index (χ2n) is 6.68. The largest absolute Gasteiger partial charge is 0.370 e. The van der Waals surface area contributed by atoms with Gasteiger partial charge in [0.25, 0.3) is 0 Å². The van der Waals surface area contributed by atoms with Gasteiger partial charge in [0.05, 0.1) is 24.1 Å². The Morgan fingerprint density at radius 3 is 2.93 bits per heavy atom. The number of rotatable bonds is 8. The maximum atomic E-state index is 13.0. The van der Waals surface area contributed by atoms with Crippen LogP contribution in [0.3, 0.4) is 0 Å². The standard InChI is InChI=1S/C19H27FN6O/c1-4-18(25(3)21-2)19-17(22-24-23-19)13-27-16-9-10-26(12-16)11-14-5-7-15(20)8-6-14/h4-8,16,21H,9-13H2,1-3H3,(H,22,23,24)/b18-4-. The van der Waals surface area contributed by atoms with Gasteiger partial charge in [-0.1, -0.05) is 23.4 Å². The van der Waals surface area contributed by atoms with Crippen LogP contribution in [0.1, 0.15) is 30.3 Å². The van der Waals surface area contributed by atoms with Crippen molar-refractivity contribution >= 4 is 5.70 Å². The predicted molar refractivity (Wildman–Crippen MR) is 102 cm³/mol. The fraction of sp³-hybridized carbons (Fsp3) is 0.474. The molecule has 2 N–H and O–H groups in total. The predicted octanol–water partition coefficient (Wildman–Crippen LogP) is 2.16. The van der Waals surface area contributed by atoms with Gasteiger partial charge in [0.2, 0.25) is 0 Å². The molecule has 1 aliphatic rings. The van der Waals surface area contributed by atoms with Crippen LogP contribution in [0, 0.1) is 5.82 Å². The summed E-state index contributed by atoms with van der Waals surface area (Å²) in [6.45, 7) is 5.05. The minimum Gasteiger partial charge on any atom is -0.370 e.